The van der Waals surface area contributed by atoms with Gasteiger partial charge < -0.3 is 0 Å². The normalized spacial score (nSPS) is 14.9. The van der Waals surface area contributed by atoms with Crippen molar-refractivity contribution in [2.45, 2.75) is 51.6 Å². The zero-order valence-corrected chi connectivity index (χ0v) is 27.9. The summed E-state index contributed by atoms with van der Waals surface area (Å²) in [6, 6.07) is 41.4. The van der Waals surface area contributed by atoms with Gasteiger partial charge in [0.1, 0.15) is 0 Å². The maximum absolute atomic E-state index is 2.78. The Bertz CT molecular complexity index is 1580. The third-order valence-electron chi connectivity index (χ3n) is 9.02. The van der Waals surface area contributed by atoms with Gasteiger partial charge in [-0.2, -0.15) is 0 Å². The first kappa shape index (κ1) is 28.2. The van der Waals surface area contributed by atoms with Crippen molar-refractivity contribution in [1.82, 2.24) is 0 Å². The van der Waals surface area contributed by atoms with Crippen molar-refractivity contribution < 1.29 is 21.3 Å². The average Bonchev–Trinajstić information content (AvgIpc) is 3.55. The summed E-state index contributed by atoms with van der Waals surface area (Å²) in [5.74, 6) is 1.60. The SMILES string of the molecule is CC(C)C1=C(C(C)C)C(C(C)C)=[C]([Zr](=[C](c2ccccc2)c2ccccc2)[CH]2c3ccccc3-c3ccccc32)C1. The molecule has 2 aliphatic carbocycles. The molecule has 0 heterocycles. The van der Waals surface area contributed by atoms with E-state index in [2.05, 4.69) is 151 Å². The summed E-state index contributed by atoms with van der Waals surface area (Å²) >= 11 is -2.78. The van der Waals surface area contributed by atoms with E-state index in [1.165, 1.54) is 22.3 Å². The molecule has 0 radical (unpaired) electrons. The average molecular weight is 614 g/mol. The number of rotatable bonds is 7. The molecule has 0 unspecified atom stereocenters. The van der Waals surface area contributed by atoms with E-state index < -0.39 is 21.3 Å². The molecule has 206 valence electrons. The summed E-state index contributed by atoms with van der Waals surface area (Å²) in [6.45, 7) is 14.6. The predicted molar refractivity (Wildman–Crippen MR) is 173 cm³/mol. The second-order valence-corrected chi connectivity index (χ2v) is 18.8. The topological polar surface area (TPSA) is 0 Å². The fourth-order valence-electron chi connectivity index (χ4n) is 7.44. The van der Waals surface area contributed by atoms with E-state index in [0.29, 0.717) is 21.4 Å². The molecule has 41 heavy (non-hydrogen) atoms. The van der Waals surface area contributed by atoms with Crippen molar-refractivity contribution in [3.05, 3.63) is 151 Å². The molecule has 0 saturated carbocycles. The van der Waals surface area contributed by atoms with Crippen LogP contribution in [0.3, 0.4) is 0 Å². The molecule has 0 amide bonds. The van der Waals surface area contributed by atoms with Crippen LogP contribution < -0.4 is 0 Å². The zero-order chi connectivity index (χ0) is 28.7. The van der Waals surface area contributed by atoms with Crippen LogP contribution in [0.1, 0.15) is 73.8 Å². The third-order valence-corrected chi connectivity index (χ3v) is 17.4. The van der Waals surface area contributed by atoms with Gasteiger partial charge in [-0.25, -0.2) is 0 Å². The molecule has 0 N–H and O–H groups in total. The molecule has 4 aromatic rings. The molecule has 0 fully saturated rings. The number of fused-ring (bicyclic) bond motifs is 3. The second kappa shape index (κ2) is 11.8. The quantitative estimate of drug-likeness (QED) is 0.195. The first-order chi connectivity index (χ1) is 19.9. The number of allylic oxidation sites excluding steroid dienone is 4. The van der Waals surface area contributed by atoms with Crippen LogP contribution in [-0.2, 0) is 21.3 Å². The molecule has 0 aliphatic heterocycles. The van der Waals surface area contributed by atoms with Gasteiger partial charge in [-0.15, -0.1) is 0 Å². The monoisotopic (exact) mass is 612 g/mol. The van der Waals surface area contributed by atoms with Crippen LogP contribution in [0.15, 0.2) is 129 Å². The minimum absolute atomic E-state index is 0.448. The van der Waals surface area contributed by atoms with Crippen LogP contribution in [0.5, 0.6) is 0 Å². The van der Waals surface area contributed by atoms with E-state index in [9.17, 15) is 0 Å². The van der Waals surface area contributed by atoms with Gasteiger partial charge in [0, 0.05) is 0 Å². The molecule has 6 rings (SSSR count). The summed E-state index contributed by atoms with van der Waals surface area (Å²) in [4.78, 5) is 0. The van der Waals surface area contributed by atoms with Gasteiger partial charge in [0.05, 0.1) is 0 Å². The Kier molecular flexibility index (Phi) is 8.11. The fraction of sp³-hybridized carbons (Fsp3) is 0.275. The zero-order valence-electron chi connectivity index (χ0n) is 25.4. The maximum atomic E-state index is 2.45. The van der Waals surface area contributed by atoms with Crippen molar-refractivity contribution in [3.63, 3.8) is 0 Å². The molecular weight excluding hydrogens is 572 g/mol. The van der Waals surface area contributed by atoms with E-state index in [-0.39, 0.29) is 0 Å². The summed E-state index contributed by atoms with van der Waals surface area (Å²) in [5.41, 5.74) is 13.9. The van der Waals surface area contributed by atoms with Gasteiger partial charge in [-0.05, 0) is 0 Å². The first-order valence-corrected chi connectivity index (χ1v) is 19.3. The Morgan fingerprint density at radius 1 is 0.537 bits per heavy atom. The Labute approximate surface area is 255 Å². The number of hydrogen-bond acceptors (Lipinski definition) is 0. The number of hydrogen-bond donors (Lipinski definition) is 0. The molecule has 0 aromatic heterocycles. The minimum atomic E-state index is -2.78. The molecular formula is C40H42Zr. The van der Waals surface area contributed by atoms with Crippen LogP contribution in [0, 0.1) is 17.8 Å². The van der Waals surface area contributed by atoms with Crippen molar-refractivity contribution in [2.24, 2.45) is 17.8 Å². The molecule has 0 bridgehead atoms. The van der Waals surface area contributed by atoms with Crippen LogP contribution in [0.25, 0.3) is 11.1 Å². The first-order valence-electron chi connectivity index (χ1n) is 15.4. The van der Waals surface area contributed by atoms with Gasteiger partial charge in [-0.1, -0.05) is 0 Å². The second-order valence-electron chi connectivity index (χ2n) is 12.6. The van der Waals surface area contributed by atoms with E-state index >= 15 is 0 Å². The van der Waals surface area contributed by atoms with E-state index in [1.807, 2.05) is 3.28 Å². The van der Waals surface area contributed by atoms with E-state index in [0.717, 1.165) is 6.42 Å². The van der Waals surface area contributed by atoms with Gasteiger partial charge in [0.25, 0.3) is 0 Å². The molecule has 0 saturated heterocycles. The van der Waals surface area contributed by atoms with E-state index in [4.69, 9.17) is 0 Å². The summed E-state index contributed by atoms with van der Waals surface area (Å²) < 4.78 is 3.92. The van der Waals surface area contributed by atoms with Crippen LogP contribution in [0.4, 0.5) is 0 Å². The van der Waals surface area contributed by atoms with Crippen molar-refractivity contribution in [1.29, 1.82) is 0 Å². The van der Waals surface area contributed by atoms with Gasteiger partial charge in [0.2, 0.25) is 0 Å². The van der Waals surface area contributed by atoms with Crippen molar-refractivity contribution in [3.8, 4) is 11.1 Å². The standard InChI is InChI=1S/C14H23.C13H9.C13H10.Zr/c1-9(2)12-7-8-13(10(3)4)14(12)11(5)6;1-3-7-12-10(5-1)9-11-6-2-4-8-13(11)12;1-3-7-12(8-4-1)11-13-9-5-2-6-10-13;/h9-11H,7H2,1-6H3;1-9H;1-10H;. The molecule has 4 aromatic carbocycles. The molecule has 0 spiro atoms. The van der Waals surface area contributed by atoms with Crippen molar-refractivity contribution in [2.75, 3.05) is 0 Å². The number of benzene rings is 4. The van der Waals surface area contributed by atoms with Crippen molar-refractivity contribution >= 4 is 3.21 Å². The van der Waals surface area contributed by atoms with Crippen LogP contribution in [-0.4, -0.2) is 3.21 Å². The van der Waals surface area contributed by atoms with Gasteiger partial charge in [0.15, 0.2) is 0 Å². The van der Waals surface area contributed by atoms with Gasteiger partial charge >= 0.3 is 256 Å². The summed E-state index contributed by atoms with van der Waals surface area (Å²) in [6.07, 6.45) is 1.15. The van der Waals surface area contributed by atoms with Crippen LogP contribution >= 0.6 is 0 Å². The Morgan fingerprint density at radius 3 is 1.41 bits per heavy atom. The third kappa shape index (κ3) is 5.06. The summed E-state index contributed by atoms with van der Waals surface area (Å²) in [5, 5.41) is 0. The Hall–Kier alpha value is -2.89. The Morgan fingerprint density at radius 2 is 0.976 bits per heavy atom. The van der Waals surface area contributed by atoms with E-state index in [1.54, 1.807) is 31.1 Å². The fourth-order valence-corrected chi connectivity index (χ4v) is 17.5. The molecule has 0 nitrogen and oxygen atoms in total. The summed E-state index contributed by atoms with van der Waals surface area (Å²) in [7, 11) is 0. The predicted octanol–water partition coefficient (Wildman–Crippen LogP) is 10.6. The van der Waals surface area contributed by atoms with Gasteiger partial charge in [-0.3, -0.25) is 0 Å². The Balaban J connectivity index is 1.78. The molecule has 2 aliphatic rings. The molecule has 0 atom stereocenters. The molecule has 1 heteroatoms. The van der Waals surface area contributed by atoms with Crippen LogP contribution in [0.2, 0.25) is 0 Å².